The monoisotopic (exact) mass is 215 g/mol. The Morgan fingerprint density at radius 3 is 2.93 bits per heavy atom. The second kappa shape index (κ2) is 6.53. The van der Waals surface area contributed by atoms with Gasteiger partial charge in [0.25, 0.3) is 0 Å². The molecule has 0 unspecified atom stereocenters. The van der Waals surface area contributed by atoms with Crippen molar-refractivity contribution < 1.29 is 9.50 Å². The predicted octanol–water partition coefficient (Wildman–Crippen LogP) is 0.904. The number of hydrogen-bond donors (Lipinski definition) is 2. The third-order valence-electron chi connectivity index (χ3n) is 2.22. The molecule has 86 valence electrons. The van der Waals surface area contributed by atoms with Crippen LogP contribution in [0, 0.1) is 5.95 Å². The second-order valence-electron chi connectivity index (χ2n) is 3.38. The van der Waals surface area contributed by atoms with E-state index in [1.165, 1.54) is 4.68 Å². The van der Waals surface area contributed by atoms with Gasteiger partial charge in [-0.25, -0.2) is 4.68 Å². The van der Waals surface area contributed by atoms with Crippen LogP contribution >= 0.6 is 0 Å². The van der Waals surface area contributed by atoms with Gasteiger partial charge in [-0.1, -0.05) is 0 Å². The minimum absolute atomic E-state index is 0.212. The van der Waals surface area contributed by atoms with Crippen LogP contribution in [0.1, 0.15) is 25.3 Å². The summed E-state index contributed by atoms with van der Waals surface area (Å²) in [5, 5.41) is 15.6. The van der Waals surface area contributed by atoms with Gasteiger partial charge in [0.2, 0.25) is 5.95 Å². The third kappa shape index (κ3) is 3.60. The Morgan fingerprint density at radius 2 is 2.33 bits per heavy atom. The van der Waals surface area contributed by atoms with Gasteiger partial charge < -0.3 is 10.4 Å². The van der Waals surface area contributed by atoms with E-state index in [9.17, 15) is 4.39 Å². The summed E-state index contributed by atoms with van der Waals surface area (Å²) in [4.78, 5) is 0. The zero-order valence-corrected chi connectivity index (χ0v) is 9.04. The molecule has 4 nitrogen and oxygen atoms in total. The summed E-state index contributed by atoms with van der Waals surface area (Å²) in [6, 6.07) is 0. The summed E-state index contributed by atoms with van der Waals surface area (Å²) in [6.45, 7) is 3.91. The van der Waals surface area contributed by atoms with Crippen molar-refractivity contribution in [3.05, 3.63) is 17.7 Å². The molecule has 0 radical (unpaired) electrons. The Kier molecular flexibility index (Phi) is 5.28. The topological polar surface area (TPSA) is 50.1 Å². The lowest BCUT2D eigenvalue weighted by Gasteiger charge is -2.02. The number of nitrogens with one attached hydrogen (secondary N) is 1. The van der Waals surface area contributed by atoms with E-state index in [2.05, 4.69) is 10.4 Å². The van der Waals surface area contributed by atoms with Gasteiger partial charge in [-0.05, 0) is 26.3 Å². The standard InChI is InChI=1S/C10H18FN3O/c1-2-14-10(11)9(8-13-14)7-12-5-3-4-6-15/h8,12,15H,2-7H2,1H3. The van der Waals surface area contributed by atoms with Crippen molar-refractivity contribution in [2.45, 2.75) is 32.9 Å². The van der Waals surface area contributed by atoms with Crippen LogP contribution in [0.15, 0.2) is 6.20 Å². The molecule has 0 aliphatic heterocycles. The number of aliphatic hydroxyl groups excluding tert-OH is 1. The number of hydrogen-bond acceptors (Lipinski definition) is 3. The molecule has 0 aliphatic carbocycles. The number of halogens is 1. The summed E-state index contributed by atoms with van der Waals surface area (Å²) in [6.07, 6.45) is 3.24. The highest BCUT2D eigenvalue weighted by Crippen LogP contribution is 2.05. The fourth-order valence-corrected chi connectivity index (χ4v) is 1.33. The molecule has 0 saturated carbocycles. The average molecular weight is 215 g/mol. The maximum Gasteiger partial charge on any atom is 0.215 e. The van der Waals surface area contributed by atoms with Crippen LogP contribution in [0.4, 0.5) is 4.39 Å². The smallest absolute Gasteiger partial charge is 0.215 e. The molecule has 1 rings (SSSR count). The Balaban J connectivity index is 2.28. The number of rotatable bonds is 7. The van der Waals surface area contributed by atoms with Crippen LogP contribution in [0.2, 0.25) is 0 Å². The minimum atomic E-state index is -0.257. The molecule has 1 heterocycles. The van der Waals surface area contributed by atoms with Crippen LogP contribution in [0.3, 0.4) is 0 Å². The predicted molar refractivity (Wildman–Crippen MR) is 55.9 cm³/mol. The number of unbranched alkanes of at least 4 members (excludes halogenated alkanes) is 1. The lowest BCUT2D eigenvalue weighted by atomic mass is 10.3. The number of aryl methyl sites for hydroxylation is 1. The molecular weight excluding hydrogens is 197 g/mol. The second-order valence-corrected chi connectivity index (χ2v) is 3.38. The molecule has 0 bridgehead atoms. The lowest BCUT2D eigenvalue weighted by molar-refractivity contribution is 0.283. The third-order valence-corrected chi connectivity index (χ3v) is 2.22. The molecule has 1 aromatic rings. The van der Waals surface area contributed by atoms with Crippen molar-refractivity contribution in [2.24, 2.45) is 0 Å². The lowest BCUT2D eigenvalue weighted by Crippen LogP contribution is -2.15. The van der Waals surface area contributed by atoms with E-state index in [0.29, 0.717) is 18.7 Å². The molecule has 2 N–H and O–H groups in total. The zero-order valence-electron chi connectivity index (χ0n) is 9.04. The molecule has 1 aromatic heterocycles. The molecule has 0 saturated heterocycles. The van der Waals surface area contributed by atoms with Crippen molar-refractivity contribution in [2.75, 3.05) is 13.2 Å². The summed E-state index contributed by atoms with van der Waals surface area (Å²) < 4.78 is 14.8. The Labute approximate surface area is 89.1 Å². The molecule has 0 fully saturated rings. The molecule has 0 aliphatic rings. The normalized spacial score (nSPS) is 10.9. The van der Waals surface area contributed by atoms with Crippen molar-refractivity contribution in [3.63, 3.8) is 0 Å². The van der Waals surface area contributed by atoms with Gasteiger partial charge in [0.1, 0.15) is 0 Å². The molecular formula is C10H18FN3O. The molecule has 15 heavy (non-hydrogen) atoms. The number of aliphatic hydroxyl groups is 1. The van der Waals surface area contributed by atoms with Gasteiger partial charge in [0, 0.05) is 25.3 Å². The molecule has 0 aromatic carbocycles. The van der Waals surface area contributed by atoms with Crippen LogP contribution in [-0.2, 0) is 13.1 Å². The Morgan fingerprint density at radius 1 is 1.53 bits per heavy atom. The first-order chi connectivity index (χ1) is 7.29. The van der Waals surface area contributed by atoms with Gasteiger partial charge in [0.05, 0.1) is 6.20 Å². The van der Waals surface area contributed by atoms with Gasteiger partial charge >= 0.3 is 0 Å². The van der Waals surface area contributed by atoms with E-state index >= 15 is 0 Å². The average Bonchev–Trinajstić information content (AvgIpc) is 2.60. The largest absolute Gasteiger partial charge is 0.396 e. The van der Waals surface area contributed by atoms with Crippen LogP contribution < -0.4 is 5.32 Å². The first kappa shape index (κ1) is 12.1. The molecule has 5 heteroatoms. The summed E-state index contributed by atoms with van der Waals surface area (Å²) in [5.41, 5.74) is 0.598. The van der Waals surface area contributed by atoms with Crippen LogP contribution in [-0.4, -0.2) is 28.0 Å². The van der Waals surface area contributed by atoms with E-state index in [1.807, 2.05) is 6.92 Å². The van der Waals surface area contributed by atoms with Gasteiger partial charge in [0.15, 0.2) is 0 Å². The van der Waals surface area contributed by atoms with Crippen molar-refractivity contribution >= 4 is 0 Å². The minimum Gasteiger partial charge on any atom is -0.396 e. The first-order valence-corrected chi connectivity index (χ1v) is 5.31. The van der Waals surface area contributed by atoms with Gasteiger partial charge in [-0.2, -0.15) is 9.49 Å². The van der Waals surface area contributed by atoms with Crippen molar-refractivity contribution in [3.8, 4) is 0 Å². The highest BCUT2D eigenvalue weighted by atomic mass is 19.1. The van der Waals surface area contributed by atoms with E-state index in [1.54, 1.807) is 6.20 Å². The quantitative estimate of drug-likeness (QED) is 0.664. The molecule has 0 atom stereocenters. The van der Waals surface area contributed by atoms with Gasteiger partial charge in [-0.3, -0.25) is 0 Å². The SMILES string of the molecule is CCn1ncc(CNCCCCO)c1F. The summed E-state index contributed by atoms with van der Waals surface area (Å²) >= 11 is 0. The van der Waals surface area contributed by atoms with Crippen LogP contribution in [0.5, 0.6) is 0 Å². The Hall–Kier alpha value is -0.940. The van der Waals surface area contributed by atoms with E-state index in [4.69, 9.17) is 5.11 Å². The summed E-state index contributed by atoms with van der Waals surface area (Å²) in [7, 11) is 0. The molecule has 0 spiro atoms. The maximum absolute atomic E-state index is 13.4. The maximum atomic E-state index is 13.4. The van der Waals surface area contributed by atoms with E-state index in [-0.39, 0.29) is 12.6 Å². The first-order valence-electron chi connectivity index (χ1n) is 5.31. The fraction of sp³-hybridized carbons (Fsp3) is 0.700. The van der Waals surface area contributed by atoms with E-state index in [0.717, 1.165) is 19.4 Å². The Bertz CT molecular complexity index is 288. The fourth-order valence-electron chi connectivity index (χ4n) is 1.33. The van der Waals surface area contributed by atoms with Gasteiger partial charge in [-0.15, -0.1) is 0 Å². The highest BCUT2D eigenvalue weighted by molar-refractivity contribution is 5.06. The van der Waals surface area contributed by atoms with Crippen LogP contribution in [0.25, 0.3) is 0 Å². The zero-order chi connectivity index (χ0) is 11.1. The number of nitrogens with zero attached hydrogens (tertiary/aromatic N) is 2. The highest BCUT2D eigenvalue weighted by Gasteiger charge is 2.07. The number of aromatic nitrogens is 2. The van der Waals surface area contributed by atoms with Crippen molar-refractivity contribution in [1.82, 2.24) is 15.1 Å². The summed E-state index contributed by atoms with van der Waals surface area (Å²) in [5.74, 6) is -0.257. The van der Waals surface area contributed by atoms with E-state index < -0.39 is 0 Å². The molecule has 0 amide bonds. The van der Waals surface area contributed by atoms with Crippen molar-refractivity contribution in [1.29, 1.82) is 0 Å².